The molecule has 0 aromatic heterocycles. The lowest BCUT2D eigenvalue weighted by Gasteiger charge is -2.23. The van der Waals surface area contributed by atoms with Crippen LogP contribution in [0.15, 0.2) is 24.3 Å². The van der Waals surface area contributed by atoms with E-state index in [0.717, 1.165) is 25.7 Å². The van der Waals surface area contributed by atoms with Crippen molar-refractivity contribution in [1.29, 1.82) is 0 Å². The number of halogens is 2. The molecule has 1 saturated carbocycles. The minimum Gasteiger partial charge on any atom is -0.329 e. The Morgan fingerprint density at radius 3 is 2.57 bits per heavy atom. The highest BCUT2D eigenvalue weighted by molar-refractivity contribution is 7.88. The van der Waals surface area contributed by atoms with Gasteiger partial charge in [-0.25, -0.2) is 17.5 Å². The Labute approximate surface area is 131 Å². The molecule has 0 radical (unpaired) electrons. The van der Waals surface area contributed by atoms with Crippen molar-refractivity contribution >= 4 is 22.4 Å². The van der Waals surface area contributed by atoms with E-state index in [2.05, 4.69) is 4.72 Å². The SMILES string of the molecule is Cl.NCC(NS(=O)(=O)Cc1cccc(F)c1)C1CCCC1. The first-order chi connectivity index (χ1) is 9.50. The van der Waals surface area contributed by atoms with E-state index in [4.69, 9.17) is 5.73 Å². The van der Waals surface area contributed by atoms with Crippen LogP contribution in [0.1, 0.15) is 31.2 Å². The molecule has 3 N–H and O–H groups in total. The Kier molecular flexibility index (Phi) is 7.06. The maximum absolute atomic E-state index is 13.1. The topological polar surface area (TPSA) is 72.2 Å². The van der Waals surface area contributed by atoms with Gasteiger partial charge in [-0.1, -0.05) is 25.0 Å². The summed E-state index contributed by atoms with van der Waals surface area (Å²) in [5, 5.41) is 0. The maximum Gasteiger partial charge on any atom is 0.216 e. The fraction of sp³-hybridized carbons (Fsp3) is 0.571. The number of nitrogens with one attached hydrogen (secondary N) is 1. The van der Waals surface area contributed by atoms with E-state index in [0.29, 0.717) is 18.0 Å². The quantitative estimate of drug-likeness (QED) is 0.836. The normalized spacial score (nSPS) is 17.4. The van der Waals surface area contributed by atoms with Crippen molar-refractivity contribution in [1.82, 2.24) is 4.72 Å². The third kappa shape index (κ3) is 5.54. The summed E-state index contributed by atoms with van der Waals surface area (Å²) >= 11 is 0. The first-order valence-corrected chi connectivity index (χ1v) is 8.60. The van der Waals surface area contributed by atoms with Crippen molar-refractivity contribution in [3.8, 4) is 0 Å². The smallest absolute Gasteiger partial charge is 0.216 e. The van der Waals surface area contributed by atoms with Crippen LogP contribution in [-0.2, 0) is 15.8 Å². The van der Waals surface area contributed by atoms with Crippen LogP contribution in [0.3, 0.4) is 0 Å². The largest absolute Gasteiger partial charge is 0.329 e. The predicted molar refractivity (Wildman–Crippen MR) is 84.2 cm³/mol. The van der Waals surface area contributed by atoms with Crippen molar-refractivity contribution in [3.05, 3.63) is 35.6 Å². The van der Waals surface area contributed by atoms with Crippen LogP contribution < -0.4 is 10.5 Å². The zero-order valence-corrected chi connectivity index (χ0v) is 13.4. The first kappa shape index (κ1) is 18.4. The molecule has 1 aliphatic rings. The van der Waals surface area contributed by atoms with E-state index in [1.54, 1.807) is 6.07 Å². The Bertz CT molecular complexity index is 548. The second-order valence-electron chi connectivity index (χ2n) is 5.39. The van der Waals surface area contributed by atoms with Crippen molar-refractivity contribution in [2.45, 2.75) is 37.5 Å². The van der Waals surface area contributed by atoms with E-state index in [1.807, 2.05) is 0 Å². The van der Waals surface area contributed by atoms with Crippen LogP contribution >= 0.6 is 12.4 Å². The predicted octanol–water partition coefficient (Wildman–Crippen LogP) is 2.18. The maximum atomic E-state index is 13.1. The first-order valence-electron chi connectivity index (χ1n) is 6.95. The Hall–Kier alpha value is -0.690. The fourth-order valence-electron chi connectivity index (χ4n) is 2.82. The molecule has 0 saturated heterocycles. The zero-order chi connectivity index (χ0) is 14.6. The molecule has 1 aliphatic carbocycles. The van der Waals surface area contributed by atoms with E-state index in [-0.39, 0.29) is 24.2 Å². The van der Waals surface area contributed by atoms with Gasteiger partial charge < -0.3 is 5.73 Å². The van der Waals surface area contributed by atoms with Gasteiger partial charge >= 0.3 is 0 Å². The molecule has 1 atom stereocenters. The number of nitrogens with two attached hydrogens (primary N) is 1. The van der Waals surface area contributed by atoms with Crippen molar-refractivity contribution < 1.29 is 12.8 Å². The highest BCUT2D eigenvalue weighted by atomic mass is 35.5. The Morgan fingerprint density at radius 1 is 1.33 bits per heavy atom. The molecule has 0 amide bonds. The van der Waals surface area contributed by atoms with Crippen LogP contribution in [0, 0.1) is 11.7 Å². The molecule has 0 spiro atoms. The van der Waals surface area contributed by atoms with E-state index >= 15 is 0 Å². The number of sulfonamides is 1. The van der Waals surface area contributed by atoms with Crippen LogP contribution in [0.2, 0.25) is 0 Å². The summed E-state index contributed by atoms with van der Waals surface area (Å²) in [6, 6.07) is 5.44. The van der Waals surface area contributed by atoms with Gasteiger partial charge in [0.15, 0.2) is 0 Å². The summed E-state index contributed by atoms with van der Waals surface area (Å²) < 4.78 is 40.1. The lowest BCUT2D eigenvalue weighted by atomic mass is 9.99. The Morgan fingerprint density at radius 2 is 2.00 bits per heavy atom. The fourth-order valence-corrected chi connectivity index (χ4v) is 4.27. The summed E-state index contributed by atoms with van der Waals surface area (Å²) in [5.41, 5.74) is 6.13. The van der Waals surface area contributed by atoms with E-state index in [9.17, 15) is 12.8 Å². The van der Waals surface area contributed by atoms with Gasteiger partial charge in [-0.15, -0.1) is 12.4 Å². The summed E-state index contributed by atoms with van der Waals surface area (Å²) in [5.74, 6) is -0.320. The average Bonchev–Trinajstić information content (AvgIpc) is 2.89. The number of hydrogen-bond donors (Lipinski definition) is 2. The third-order valence-electron chi connectivity index (χ3n) is 3.80. The molecule has 0 bridgehead atoms. The number of hydrogen-bond acceptors (Lipinski definition) is 3. The van der Waals surface area contributed by atoms with Crippen molar-refractivity contribution in [3.63, 3.8) is 0 Å². The van der Waals surface area contributed by atoms with Gasteiger partial charge in [0.25, 0.3) is 0 Å². The summed E-state index contributed by atoms with van der Waals surface area (Å²) in [4.78, 5) is 0. The second-order valence-corrected chi connectivity index (χ2v) is 7.15. The lowest BCUT2D eigenvalue weighted by molar-refractivity contribution is 0.405. The number of benzene rings is 1. The van der Waals surface area contributed by atoms with Gasteiger partial charge in [0, 0.05) is 12.6 Å². The summed E-state index contributed by atoms with van der Waals surface area (Å²) in [7, 11) is -3.50. The highest BCUT2D eigenvalue weighted by Crippen LogP contribution is 2.27. The molecular formula is C14H22ClFN2O2S. The zero-order valence-electron chi connectivity index (χ0n) is 11.8. The van der Waals surface area contributed by atoms with Crippen molar-refractivity contribution in [2.75, 3.05) is 6.54 Å². The minimum atomic E-state index is -3.50. The van der Waals surface area contributed by atoms with E-state index in [1.165, 1.54) is 18.2 Å². The van der Waals surface area contributed by atoms with Crippen LogP contribution in [0.25, 0.3) is 0 Å². The van der Waals surface area contributed by atoms with Gasteiger partial charge in [0.2, 0.25) is 10.0 Å². The molecule has 1 aromatic carbocycles. The Balaban J connectivity index is 0.00000220. The molecule has 1 fully saturated rings. The monoisotopic (exact) mass is 336 g/mol. The summed E-state index contributed by atoms with van der Waals surface area (Å²) in [6.07, 6.45) is 4.30. The third-order valence-corrected chi connectivity index (χ3v) is 5.17. The van der Waals surface area contributed by atoms with Crippen LogP contribution in [0.5, 0.6) is 0 Å². The molecule has 21 heavy (non-hydrogen) atoms. The van der Waals surface area contributed by atoms with Crippen LogP contribution in [-0.4, -0.2) is 21.0 Å². The molecular weight excluding hydrogens is 315 g/mol. The van der Waals surface area contributed by atoms with Crippen molar-refractivity contribution in [2.24, 2.45) is 11.7 Å². The van der Waals surface area contributed by atoms with Gasteiger partial charge in [0.05, 0.1) is 5.75 Å². The minimum absolute atomic E-state index is 0. The molecule has 1 aromatic rings. The number of rotatable bonds is 6. The molecule has 1 unspecified atom stereocenters. The van der Waals surface area contributed by atoms with Gasteiger partial charge in [-0.3, -0.25) is 0 Å². The second kappa shape index (κ2) is 8.08. The molecule has 120 valence electrons. The summed E-state index contributed by atoms with van der Waals surface area (Å²) in [6.45, 7) is 0.299. The molecule has 0 heterocycles. The standard InChI is InChI=1S/C14H21FN2O2S.ClH/c15-13-7-3-4-11(8-13)10-20(18,19)17-14(9-16)12-5-1-2-6-12;/h3-4,7-8,12,14,17H,1-2,5-6,9-10,16H2;1H. The molecule has 7 heteroatoms. The molecule has 2 rings (SSSR count). The van der Waals surface area contributed by atoms with Gasteiger partial charge in [0.1, 0.15) is 5.82 Å². The van der Waals surface area contributed by atoms with Gasteiger partial charge in [-0.05, 0) is 36.5 Å². The lowest BCUT2D eigenvalue weighted by Crippen LogP contribution is -2.44. The molecule has 4 nitrogen and oxygen atoms in total. The average molecular weight is 337 g/mol. The van der Waals surface area contributed by atoms with E-state index < -0.39 is 15.8 Å². The van der Waals surface area contributed by atoms with Gasteiger partial charge in [-0.2, -0.15) is 0 Å². The highest BCUT2D eigenvalue weighted by Gasteiger charge is 2.27. The molecule has 0 aliphatic heterocycles. The van der Waals surface area contributed by atoms with Crippen LogP contribution in [0.4, 0.5) is 4.39 Å².